The summed E-state index contributed by atoms with van der Waals surface area (Å²) in [5.74, 6) is 0.144. The molecule has 1 atom stereocenters. The maximum Gasteiger partial charge on any atom is 0.238 e. The molecule has 0 bridgehead atoms. The van der Waals surface area contributed by atoms with Crippen molar-refractivity contribution in [2.24, 2.45) is 5.14 Å². The smallest absolute Gasteiger partial charge is 0.238 e. The summed E-state index contributed by atoms with van der Waals surface area (Å²) < 4.78 is 47.9. The van der Waals surface area contributed by atoms with Crippen molar-refractivity contribution in [1.29, 1.82) is 0 Å². The van der Waals surface area contributed by atoms with Crippen molar-refractivity contribution in [3.8, 4) is 17.1 Å². The van der Waals surface area contributed by atoms with Gasteiger partial charge in [0.15, 0.2) is 0 Å². The van der Waals surface area contributed by atoms with E-state index in [9.17, 15) is 17.9 Å². The number of rotatable bonds is 9. The molecule has 0 fully saturated rings. The van der Waals surface area contributed by atoms with Gasteiger partial charge in [-0.2, -0.15) is 4.98 Å². The maximum absolute atomic E-state index is 14.5. The number of hydrogen-bond donors (Lipinski definition) is 3. The molecule has 1 aromatic heterocycles. The lowest BCUT2D eigenvalue weighted by Gasteiger charge is -2.29. The second kappa shape index (κ2) is 9.33. The zero-order valence-electron chi connectivity index (χ0n) is 17.9. The number of aryl methyl sites for hydroxylation is 1. The van der Waals surface area contributed by atoms with Crippen LogP contribution >= 0.6 is 0 Å². The number of halogens is 1. The highest BCUT2D eigenvalue weighted by Gasteiger charge is 2.26. The highest BCUT2D eigenvalue weighted by Crippen LogP contribution is 2.29. The average Bonchev–Trinajstić information content (AvgIpc) is 3.24. The molecule has 0 aliphatic heterocycles. The number of sulfonamides is 1. The van der Waals surface area contributed by atoms with Gasteiger partial charge in [-0.05, 0) is 50.6 Å². The minimum absolute atomic E-state index is 0.0375. The molecule has 9 nitrogen and oxygen atoms in total. The van der Waals surface area contributed by atoms with Crippen LogP contribution in [-0.4, -0.2) is 42.9 Å². The Kier molecular flexibility index (Phi) is 6.94. The predicted molar refractivity (Wildman–Crippen MR) is 115 cm³/mol. The molecule has 0 saturated carbocycles. The van der Waals surface area contributed by atoms with Crippen molar-refractivity contribution in [3.05, 3.63) is 59.7 Å². The van der Waals surface area contributed by atoms with Crippen molar-refractivity contribution in [3.63, 3.8) is 0 Å². The van der Waals surface area contributed by atoms with Crippen LogP contribution in [0.3, 0.4) is 0 Å². The van der Waals surface area contributed by atoms with Gasteiger partial charge in [0, 0.05) is 17.6 Å². The van der Waals surface area contributed by atoms with E-state index in [2.05, 4.69) is 15.5 Å². The van der Waals surface area contributed by atoms with Crippen molar-refractivity contribution in [2.45, 2.75) is 37.3 Å². The van der Waals surface area contributed by atoms with E-state index in [1.165, 1.54) is 18.5 Å². The molecule has 4 N–H and O–H groups in total. The predicted octanol–water partition coefficient (Wildman–Crippen LogP) is 2.10. The summed E-state index contributed by atoms with van der Waals surface area (Å²) in [7, 11) is -4.00. The number of aliphatic hydroxyl groups is 1. The average molecular weight is 465 g/mol. The van der Waals surface area contributed by atoms with Gasteiger partial charge in [0.25, 0.3) is 0 Å². The SMILES string of the molecule is Cc1ccc(-c2ncon2)c(OC[C@@H](O)CNC(C)(C)c2ccc(S(N)(=O)=O)cc2F)c1. The van der Waals surface area contributed by atoms with Crippen LogP contribution < -0.4 is 15.2 Å². The lowest BCUT2D eigenvalue weighted by Crippen LogP contribution is -2.43. The summed E-state index contributed by atoms with van der Waals surface area (Å²) in [6, 6.07) is 8.97. The molecule has 0 unspecified atom stereocenters. The maximum atomic E-state index is 14.5. The van der Waals surface area contributed by atoms with Crippen LogP contribution in [0.5, 0.6) is 5.75 Å². The summed E-state index contributed by atoms with van der Waals surface area (Å²) in [6.45, 7) is 5.38. The normalized spacial score (nSPS) is 13.2. The Morgan fingerprint density at radius 1 is 1.28 bits per heavy atom. The second-order valence-corrected chi connectivity index (χ2v) is 9.47. The molecule has 11 heteroatoms. The van der Waals surface area contributed by atoms with E-state index < -0.39 is 27.5 Å². The van der Waals surface area contributed by atoms with Gasteiger partial charge >= 0.3 is 0 Å². The molecule has 172 valence electrons. The highest BCUT2D eigenvalue weighted by molar-refractivity contribution is 7.89. The van der Waals surface area contributed by atoms with Crippen LogP contribution in [0.1, 0.15) is 25.0 Å². The number of primary sulfonamides is 1. The van der Waals surface area contributed by atoms with Gasteiger partial charge < -0.3 is 19.7 Å². The number of aromatic nitrogens is 2. The summed E-state index contributed by atoms with van der Waals surface area (Å²) in [5, 5.41) is 22.3. The van der Waals surface area contributed by atoms with E-state index >= 15 is 0 Å². The first kappa shape index (κ1) is 23.8. The quantitative estimate of drug-likeness (QED) is 0.437. The Balaban J connectivity index is 1.64. The number of benzene rings is 2. The van der Waals surface area contributed by atoms with Crippen LogP contribution in [0.15, 0.2) is 52.2 Å². The molecule has 0 spiro atoms. The van der Waals surface area contributed by atoms with E-state index in [1.807, 2.05) is 13.0 Å². The first-order valence-corrected chi connectivity index (χ1v) is 11.3. The fourth-order valence-corrected chi connectivity index (χ4v) is 3.64. The van der Waals surface area contributed by atoms with Gasteiger partial charge in [0.05, 0.1) is 10.5 Å². The molecule has 0 amide bonds. The van der Waals surface area contributed by atoms with Gasteiger partial charge in [-0.1, -0.05) is 17.3 Å². The molecule has 2 aromatic carbocycles. The molecular weight excluding hydrogens is 439 g/mol. The van der Waals surface area contributed by atoms with Crippen LogP contribution in [0, 0.1) is 12.7 Å². The number of nitrogens with two attached hydrogens (primary N) is 1. The summed E-state index contributed by atoms with van der Waals surface area (Å²) in [6.07, 6.45) is 0.300. The topological polar surface area (TPSA) is 141 Å². The minimum Gasteiger partial charge on any atom is -0.490 e. The number of nitrogens with zero attached hydrogens (tertiary/aromatic N) is 2. The third kappa shape index (κ3) is 5.68. The number of hydrogen-bond acceptors (Lipinski definition) is 8. The lowest BCUT2D eigenvalue weighted by atomic mass is 9.93. The Hall–Kier alpha value is -2.86. The Bertz CT molecular complexity index is 1180. The van der Waals surface area contributed by atoms with Crippen LogP contribution in [0.25, 0.3) is 11.4 Å². The fraction of sp³-hybridized carbons (Fsp3) is 0.333. The van der Waals surface area contributed by atoms with Crippen LogP contribution in [-0.2, 0) is 15.6 Å². The van der Waals surface area contributed by atoms with Crippen molar-refractivity contribution in [2.75, 3.05) is 13.2 Å². The van der Waals surface area contributed by atoms with Crippen LogP contribution in [0.4, 0.5) is 4.39 Å². The van der Waals surface area contributed by atoms with Crippen molar-refractivity contribution >= 4 is 10.0 Å². The number of nitrogens with one attached hydrogen (secondary N) is 1. The third-order valence-corrected chi connectivity index (χ3v) is 5.80. The van der Waals surface area contributed by atoms with E-state index in [1.54, 1.807) is 26.0 Å². The van der Waals surface area contributed by atoms with Gasteiger partial charge in [0.2, 0.25) is 22.2 Å². The first-order valence-electron chi connectivity index (χ1n) is 9.73. The van der Waals surface area contributed by atoms with Crippen molar-refractivity contribution in [1.82, 2.24) is 15.5 Å². The first-order chi connectivity index (χ1) is 15.0. The van der Waals surface area contributed by atoms with E-state index in [-0.39, 0.29) is 23.6 Å². The standard InChI is InChI=1S/C21H25FN4O5S/c1-13-4-6-16(20-24-12-31-26-20)19(8-13)30-11-14(27)10-25-21(2,3)17-7-5-15(9-18(17)22)32(23,28)29/h4-9,12,14,25,27H,10-11H2,1-3H3,(H2,23,28,29)/t14-/m0/s1. The number of ether oxygens (including phenoxy) is 1. The van der Waals surface area contributed by atoms with E-state index in [0.717, 1.165) is 11.6 Å². The largest absolute Gasteiger partial charge is 0.490 e. The summed E-state index contributed by atoms with van der Waals surface area (Å²) in [4.78, 5) is 3.72. The molecule has 3 rings (SSSR count). The molecular formula is C21H25FN4O5S. The summed E-state index contributed by atoms with van der Waals surface area (Å²) in [5.41, 5.74) is 0.915. The summed E-state index contributed by atoms with van der Waals surface area (Å²) >= 11 is 0. The van der Waals surface area contributed by atoms with Crippen LogP contribution in [0.2, 0.25) is 0 Å². The molecule has 0 radical (unpaired) electrons. The Morgan fingerprint density at radius 2 is 2.03 bits per heavy atom. The molecule has 0 aliphatic carbocycles. The van der Waals surface area contributed by atoms with Gasteiger partial charge in [-0.25, -0.2) is 17.9 Å². The fourth-order valence-electron chi connectivity index (χ4n) is 3.12. The van der Waals surface area contributed by atoms with E-state index in [4.69, 9.17) is 14.4 Å². The van der Waals surface area contributed by atoms with Gasteiger partial charge in [-0.15, -0.1) is 0 Å². The molecule has 3 aromatic rings. The monoisotopic (exact) mass is 464 g/mol. The third-order valence-electron chi connectivity index (χ3n) is 4.89. The highest BCUT2D eigenvalue weighted by atomic mass is 32.2. The number of aliphatic hydroxyl groups excluding tert-OH is 1. The minimum atomic E-state index is -4.00. The zero-order valence-corrected chi connectivity index (χ0v) is 18.7. The van der Waals surface area contributed by atoms with Gasteiger partial charge in [0.1, 0.15) is 24.3 Å². The van der Waals surface area contributed by atoms with Crippen molar-refractivity contribution < 1.29 is 27.2 Å². The molecule has 0 saturated heterocycles. The zero-order chi connectivity index (χ0) is 23.5. The van der Waals surface area contributed by atoms with Gasteiger partial charge in [-0.3, -0.25) is 0 Å². The second-order valence-electron chi connectivity index (χ2n) is 7.91. The lowest BCUT2D eigenvalue weighted by molar-refractivity contribution is 0.0987. The molecule has 1 heterocycles. The Morgan fingerprint density at radius 3 is 2.66 bits per heavy atom. The molecule has 0 aliphatic rings. The van der Waals surface area contributed by atoms with E-state index in [0.29, 0.717) is 17.1 Å². The Labute approximate surface area is 185 Å². The molecule has 32 heavy (non-hydrogen) atoms.